The van der Waals surface area contributed by atoms with Crippen LogP contribution in [0.5, 0.6) is 5.75 Å². The molecule has 3 rings (SSSR count). The van der Waals surface area contributed by atoms with E-state index in [0.717, 1.165) is 23.6 Å². The van der Waals surface area contributed by atoms with Gasteiger partial charge in [-0.15, -0.1) is 12.4 Å². The van der Waals surface area contributed by atoms with E-state index in [-0.39, 0.29) is 12.4 Å². The van der Waals surface area contributed by atoms with Gasteiger partial charge in [0.1, 0.15) is 12.4 Å². The van der Waals surface area contributed by atoms with Gasteiger partial charge in [-0.25, -0.2) is 0 Å². The number of benzene rings is 2. The molecule has 2 aromatic carbocycles. The van der Waals surface area contributed by atoms with Gasteiger partial charge in [0, 0.05) is 12.1 Å². The molecule has 3 heteroatoms. The van der Waals surface area contributed by atoms with E-state index < -0.39 is 0 Å². The highest BCUT2D eigenvalue weighted by molar-refractivity contribution is 5.85. The number of aryl methyl sites for hydroxylation is 2. The summed E-state index contributed by atoms with van der Waals surface area (Å²) >= 11 is 0. The molecule has 0 bridgehead atoms. The van der Waals surface area contributed by atoms with E-state index in [1.54, 1.807) is 0 Å². The Morgan fingerprint density at radius 1 is 0.750 bits per heavy atom. The lowest BCUT2D eigenvalue weighted by atomic mass is 10.1. The molecule has 1 aromatic heterocycles. The molecule has 24 heavy (non-hydrogen) atoms. The molecule has 0 saturated carbocycles. The molecular formula is C21H22ClNO. The maximum Gasteiger partial charge on any atom is 0.130 e. The van der Waals surface area contributed by atoms with E-state index in [9.17, 15) is 0 Å². The zero-order chi connectivity index (χ0) is 16.1. The molecule has 0 N–H and O–H groups in total. The molecule has 0 aliphatic heterocycles. The Balaban J connectivity index is 0.00000208. The molecule has 0 spiro atoms. The van der Waals surface area contributed by atoms with Crippen LogP contribution in [0.1, 0.15) is 28.1 Å². The van der Waals surface area contributed by atoms with Gasteiger partial charge < -0.3 is 4.74 Å². The number of rotatable bonds is 5. The van der Waals surface area contributed by atoms with Crippen LogP contribution in [0.2, 0.25) is 0 Å². The molecule has 0 saturated heterocycles. The summed E-state index contributed by atoms with van der Waals surface area (Å²) in [7, 11) is 0. The van der Waals surface area contributed by atoms with Crippen molar-refractivity contribution in [3.05, 3.63) is 94.8 Å². The van der Waals surface area contributed by atoms with E-state index in [4.69, 9.17) is 9.72 Å². The van der Waals surface area contributed by atoms with Crippen molar-refractivity contribution in [2.45, 2.75) is 26.9 Å². The van der Waals surface area contributed by atoms with Gasteiger partial charge in [0.05, 0.1) is 5.69 Å². The number of pyridine rings is 1. The number of hydrogen-bond donors (Lipinski definition) is 0. The summed E-state index contributed by atoms with van der Waals surface area (Å²) < 4.78 is 5.81. The van der Waals surface area contributed by atoms with Crippen LogP contribution in [0.25, 0.3) is 0 Å². The summed E-state index contributed by atoms with van der Waals surface area (Å²) in [4.78, 5) is 4.70. The van der Waals surface area contributed by atoms with Crippen LogP contribution < -0.4 is 4.74 Å². The largest absolute Gasteiger partial charge is 0.487 e. The monoisotopic (exact) mass is 339 g/mol. The third kappa shape index (κ3) is 5.10. The molecular weight excluding hydrogens is 318 g/mol. The Kier molecular flexibility index (Phi) is 6.39. The standard InChI is InChI=1S/C21H21NO.ClH/c1-16-6-10-18(11-7-16)14-19-4-3-5-20(22-19)15-23-21-12-8-17(2)9-13-21;/h3-13H,14-15H2,1-2H3;1H. The van der Waals surface area contributed by atoms with Gasteiger partial charge in [-0.05, 0) is 43.7 Å². The van der Waals surface area contributed by atoms with E-state index >= 15 is 0 Å². The third-order valence-corrected chi connectivity index (χ3v) is 3.78. The first-order chi connectivity index (χ1) is 11.2. The second-order valence-corrected chi connectivity index (χ2v) is 5.88. The molecule has 0 fully saturated rings. The first kappa shape index (κ1) is 18.0. The average Bonchev–Trinajstić information content (AvgIpc) is 2.57. The summed E-state index contributed by atoms with van der Waals surface area (Å²) in [5.41, 5.74) is 5.81. The minimum atomic E-state index is 0. The summed E-state index contributed by atoms with van der Waals surface area (Å²) in [6.45, 7) is 4.66. The molecule has 124 valence electrons. The molecule has 3 aromatic rings. The van der Waals surface area contributed by atoms with Crippen LogP contribution in [0, 0.1) is 13.8 Å². The lowest BCUT2D eigenvalue weighted by molar-refractivity contribution is 0.301. The highest BCUT2D eigenvalue weighted by Gasteiger charge is 2.02. The molecule has 0 aliphatic rings. The van der Waals surface area contributed by atoms with Gasteiger partial charge >= 0.3 is 0 Å². The van der Waals surface area contributed by atoms with Crippen LogP contribution in [0.3, 0.4) is 0 Å². The lowest BCUT2D eigenvalue weighted by Gasteiger charge is -2.08. The summed E-state index contributed by atoms with van der Waals surface area (Å²) in [5.74, 6) is 0.876. The number of halogens is 1. The number of ether oxygens (including phenoxy) is 1. The third-order valence-electron chi connectivity index (χ3n) is 3.78. The fourth-order valence-electron chi connectivity index (χ4n) is 2.41. The smallest absolute Gasteiger partial charge is 0.130 e. The Labute approximate surface area is 149 Å². The van der Waals surface area contributed by atoms with Crippen LogP contribution in [-0.4, -0.2) is 4.98 Å². The van der Waals surface area contributed by atoms with Gasteiger partial charge in [-0.1, -0.05) is 53.6 Å². The van der Waals surface area contributed by atoms with Gasteiger partial charge in [0.25, 0.3) is 0 Å². The van der Waals surface area contributed by atoms with Crippen molar-refractivity contribution < 1.29 is 4.74 Å². The van der Waals surface area contributed by atoms with E-state index in [1.807, 2.05) is 24.3 Å². The Bertz CT molecular complexity index is 767. The predicted molar refractivity (Wildman–Crippen MR) is 101 cm³/mol. The van der Waals surface area contributed by atoms with Gasteiger partial charge in [0.2, 0.25) is 0 Å². The first-order valence-corrected chi connectivity index (χ1v) is 7.89. The second kappa shape index (κ2) is 8.51. The van der Waals surface area contributed by atoms with E-state index in [0.29, 0.717) is 6.61 Å². The van der Waals surface area contributed by atoms with Crippen LogP contribution in [0.15, 0.2) is 66.7 Å². The Morgan fingerprint density at radius 2 is 1.33 bits per heavy atom. The fraction of sp³-hybridized carbons (Fsp3) is 0.190. The fourth-order valence-corrected chi connectivity index (χ4v) is 2.41. The molecule has 0 atom stereocenters. The number of nitrogens with zero attached hydrogens (tertiary/aromatic N) is 1. The Morgan fingerprint density at radius 3 is 2.00 bits per heavy atom. The molecule has 0 amide bonds. The second-order valence-electron chi connectivity index (χ2n) is 5.88. The summed E-state index contributed by atoms with van der Waals surface area (Å²) in [6, 6.07) is 22.8. The normalized spacial score (nSPS) is 10.1. The molecule has 0 unspecified atom stereocenters. The van der Waals surface area contributed by atoms with Crippen molar-refractivity contribution >= 4 is 12.4 Å². The van der Waals surface area contributed by atoms with Crippen LogP contribution >= 0.6 is 12.4 Å². The van der Waals surface area contributed by atoms with E-state index in [2.05, 4.69) is 56.3 Å². The molecule has 0 radical (unpaired) electrons. The van der Waals surface area contributed by atoms with Crippen molar-refractivity contribution in [2.24, 2.45) is 0 Å². The SMILES string of the molecule is Cc1ccc(Cc2cccc(COc3ccc(C)cc3)n2)cc1.Cl. The predicted octanol–water partition coefficient (Wildman–Crippen LogP) is 5.29. The highest BCUT2D eigenvalue weighted by Crippen LogP contribution is 2.14. The van der Waals surface area contributed by atoms with Gasteiger partial charge in [0.15, 0.2) is 0 Å². The quantitative estimate of drug-likeness (QED) is 0.630. The number of aromatic nitrogens is 1. The average molecular weight is 340 g/mol. The maximum atomic E-state index is 5.81. The van der Waals surface area contributed by atoms with Crippen molar-refractivity contribution in [3.8, 4) is 5.75 Å². The van der Waals surface area contributed by atoms with Crippen LogP contribution in [-0.2, 0) is 13.0 Å². The minimum Gasteiger partial charge on any atom is -0.487 e. The molecule has 2 nitrogen and oxygen atoms in total. The summed E-state index contributed by atoms with van der Waals surface area (Å²) in [5, 5.41) is 0. The number of hydrogen-bond acceptors (Lipinski definition) is 2. The zero-order valence-corrected chi connectivity index (χ0v) is 14.8. The first-order valence-electron chi connectivity index (χ1n) is 7.89. The summed E-state index contributed by atoms with van der Waals surface area (Å²) in [6.07, 6.45) is 0.846. The topological polar surface area (TPSA) is 22.1 Å². The van der Waals surface area contributed by atoms with Crippen molar-refractivity contribution in [1.82, 2.24) is 4.98 Å². The highest BCUT2D eigenvalue weighted by atomic mass is 35.5. The molecule has 0 aliphatic carbocycles. The van der Waals surface area contributed by atoms with Crippen molar-refractivity contribution in [3.63, 3.8) is 0 Å². The zero-order valence-electron chi connectivity index (χ0n) is 14.0. The van der Waals surface area contributed by atoms with Gasteiger partial charge in [-0.3, -0.25) is 4.98 Å². The Hall–Kier alpha value is -2.32. The van der Waals surface area contributed by atoms with Crippen molar-refractivity contribution in [1.29, 1.82) is 0 Å². The van der Waals surface area contributed by atoms with E-state index in [1.165, 1.54) is 16.7 Å². The lowest BCUT2D eigenvalue weighted by Crippen LogP contribution is -2.01. The maximum absolute atomic E-state index is 5.81. The molecule has 1 heterocycles. The van der Waals surface area contributed by atoms with Gasteiger partial charge in [-0.2, -0.15) is 0 Å². The van der Waals surface area contributed by atoms with Crippen molar-refractivity contribution in [2.75, 3.05) is 0 Å². The minimum absolute atomic E-state index is 0. The van der Waals surface area contributed by atoms with Crippen LogP contribution in [0.4, 0.5) is 0 Å².